The highest BCUT2D eigenvalue weighted by molar-refractivity contribution is 7.20. The molecule has 5 nitrogen and oxygen atoms in total. The summed E-state index contributed by atoms with van der Waals surface area (Å²) in [5.41, 5.74) is 4.40. The van der Waals surface area contributed by atoms with Crippen LogP contribution in [0.5, 0.6) is 5.75 Å². The van der Waals surface area contributed by atoms with Crippen LogP contribution in [0.4, 0.5) is 5.69 Å². The van der Waals surface area contributed by atoms with E-state index in [9.17, 15) is 4.79 Å². The first kappa shape index (κ1) is 17.3. The van der Waals surface area contributed by atoms with Gasteiger partial charge in [0.25, 0.3) is 5.91 Å². The summed E-state index contributed by atoms with van der Waals surface area (Å²) in [5.74, 6) is 0.454. The fourth-order valence-electron chi connectivity index (χ4n) is 3.06. The molecule has 6 heteroatoms. The maximum absolute atomic E-state index is 12.7. The summed E-state index contributed by atoms with van der Waals surface area (Å²) in [6.45, 7) is 4.12. The summed E-state index contributed by atoms with van der Waals surface area (Å²) >= 11 is 1.58. The maximum Gasteiger partial charge on any atom is 0.255 e. The molecule has 27 heavy (non-hydrogen) atoms. The number of ether oxygens (including phenoxy) is 1. The van der Waals surface area contributed by atoms with Crippen LogP contribution < -0.4 is 10.1 Å². The number of nitrogens with zero attached hydrogens (tertiary/aromatic N) is 2. The number of hydrogen-bond acceptors (Lipinski definition) is 4. The normalized spacial score (nSPS) is 10.9. The average Bonchev–Trinajstić information content (AvgIpc) is 3.23. The van der Waals surface area contributed by atoms with E-state index in [0.717, 1.165) is 26.7 Å². The van der Waals surface area contributed by atoms with Gasteiger partial charge in [0.2, 0.25) is 0 Å². The van der Waals surface area contributed by atoms with Crippen LogP contribution in [0.1, 0.15) is 21.7 Å². The van der Waals surface area contributed by atoms with E-state index in [1.807, 2.05) is 36.4 Å². The Bertz CT molecular complexity index is 1120. The van der Waals surface area contributed by atoms with Crippen molar-refractivity contribution in [1.82, 2.24) is 9.55 Å². The van der Waals surface area contributed by atoms with Gasteiger partial charge in [0.05, 0.1) is 23.0 Å². The molecule has 0 atom stereocenters. The van der Waals surface area contributed by atoms with Crippen molar-refractivity contribution in [3.05, 3.63) is 71.5 Å². The molecule has 1 amide bonds. The van der Waals surface area contributed by atoms with Gasteiger partial charge in [-0.15, -0.1) is 0 Å². The molecule has 0 aliphatic rings. The van der Waals surface area contributed by atoms with E-state index in [0.29, 0.717) is 17.0 Å². The number of carbonyl (C=O) groups excluding carboxylic acids is 1. The quantitative estimate of drug-likeness (QED) is 0.547. The molecule has 2 aromatic heterocycles. The van der Waals surface area contributed by atoms with Crippen LogP contribution in [0.25, 0.3) is 15.3 Å². The Morgan fingerprint density at radius 3 is 2.56 bits per heavy atom. The van der Waals surface area contributed by atoms with Crippen molar-refractivity contribution in [2.45, 2.75) is 13.8 Å². The van der Waals surface area contributed by atoms with Gasteiger partial charge in [0.1, 0.15) is 5.75 Å². The SMILES string of the molecule is COc1ccccc1NC(=O)c1ccc2nc(-n3c(C)ccc3C)sc2c1. The number of benzene rings is 2. The first-order valence-corrected chi connectivity index (χ1v) is 9.39. The van der Waals surface area contributed by atoms with Crippen LogP contribution in [-0.4, -0.2) is 22.6 Å². The molecule has 0 saturated carbocycles. The fourth-order valence-corrected chi connectivity index (χ4v) is 4.19. The monoisotopic (exact) mass is 377 g/mol. The smallest absolute Gasteiger partial charge is 0.255 e. The van der Waals surface area contributed by atoms with E-state index < -0.39 is 0 Å². The highest BCUT2D eigenvalue weighted by atomic mass is 32.1. The van der Waals surface area contributed by atoms with Crippen LogP contribution in [0.3, 0.4) is 0 Å². The predicted molar refractivity (Wildman–Crippen MR) is 109 cm³/mol. The second-order valence-corrected chi connectivity index (χ2v) is 7.29. The van der Waals surface area contributed by atoms with Gasteiger partial charge < -0.3 is 10.1 Å². The molecule has 0 unspecified atom stereocenters. The number of amides is 1. The standard InChI is InChI=1S/C21H19N3O2S/c1-13-8-9-14(2)24(13)21-23-17-11-10-15(12-19(17)27-21)20(25)22-16-6-4-5-7-18(16)26-3/h4-12H,1-3H3,(H,22,25). The third kappa shape index (κ3) is 3.19. The molecule has 0 spiro atoms. The van der Waals surface area contributed by atoms with Crippen LogP contribution in [0, 0.1) is 13.8 Å². The van der Waals surface area contributed by atoms with Crippen molar-refractivity contribution in [1.29, 1.82) is 0 Å². The van der Waals surface area contributed by atoms with Crippen molar-refractivity contribution >= 4 is 33.1 Å². The number of hydrogen-bond donors (Lipinski definition) is 1. The van der Waals surface area contributed by atoms with E-state index in [2.05, 4.69) is 35.9 Å². The minimum atomic E-state index is -0.176. The van der Waals surface area contributed by atoms with E-state index in [4.69, 9.17) is 9.72 Å². The highest BCUT2D eigenvalue weighted by Gasteiger charge is 2.14. The average molecular weight is 377 g/mol. The number of para-hydroxylation sites is 2. The molecule has 0 bridgehead atoms. The summed E-state index contributed by atoms with van der Waals surface area (Å²) in [7, 11) is 1.58. The maximum atomic E-state index is 12.7. The van der Waals surface area contributed by atoms with Crippen molar-refractivity contribution in [2.24, 2.45) is 0 Å². The van der Waals surface area contributed by atoms with E-state index in [1.54, 1.807) is 24.5 Å². The number of anilines is 1. The number of aromatic nitrogens is 2. The van der Waals surface area contributed by atoms with Gasteiger partial charge in [-0.25, -0.2) is 4.98 Å². The molecule has 0 fully saturated rings. The number of thiazole rings is 1. The summed E-state index contributed by atoms with van der Waals surface area (Å²) < 4.78 is 8.40. The molecule has 2 aromatic carbocycles. The molecule has 0 aliphatic carbocycles. The minimum Gasteiger partial charge on any atom is -0.495 e. The molecule has 4 rings (SSSR count). The second kappa shape index (κ2) is 6.89. The van der Waals surface area contributed by atoms with Gasteiger partial charge in [-0.05, 0) is 56.3 Å². The Balaban J connectivity index is 1.66. The number of rotatable bonds is 4. The summed E-state index contributed by atoms with van der Waals surface area (Å²) in [5, 5.41) is 3.82. The van der Waals surface area contributed by atoms with E-state index >= 15 is 0 Å². The fraction of sp³-hybridized carbons (Fsp3) is 0.143. The number of methoxy groups -OCH3 is 1. The lowest BCUT2D eigenvalue weighted by molar-refractivity contribution is 0.102. The number of aryl methyl sites for hydroxylation is 2. The summed E-state index contributed by atoms with van der Waals surface area (Å²) in [4.78, 5) is 17.4. The van der Waals surface area contributed by atoms with Gasteiger partial charge in [0.15, 0.2) is 5.13 Å². The lowest BCUT2D eigenvalue weighted by Crippen LogP contribution is -2.12. The van der Waals surface area contributed by atoms with Gasteiger partial charge in [-0.1, -0.05) is 23.5 Å². The third-order valence-corrected chi connectivity index (χ3v) is 5.46. The Kier molecular flexibility index (Phi) is 4.41. The Morgan fingerprint density at radius 1 is 1.07 bits per heavy atom. The zero-order valence-electron chi connectivity index (χ0n) is 15.3. The van der Waals surface area contributed by atoms with Crippen LogP contribution in [-0.2, 0) is 0 Å². The zero-order chi connectivity index (χ0) is 19.0. The van der Waals surface area contributed by atoms with Crippen molar-refractivity contribution in [3.8, 4) is 10.9 Å². The largest absolute Gasteiger partial charge is 0.495 e. The lowest BCUT2D eigenvalue weighted by atomic mass is 10.2. The molecule has 0 saturated heterocycles. The summed E-state index contributed by atoms with van der Waals surface area (Å²) in [6, 6.07) is 17.1. The topological polar surface area (TPSA) is 56.1 Å². The summed E-state index contributed by atoms with van der Waals surface area (Å²) in [6.07, 6.45) is 0. The van der Waals surface area contributed by atoms with E-state index in [1.165, 1.54) is 0 Å². The van der Waals surface area contributed by atoms with E-state index in [-0.39, 0.29) is 5.91 Å². The van der Waals surface area contributed by atoms with Crippen molar-refractivity contribution < 1.29 is 9.53 Å². The zero-order valence-corrected chi connectivity index (χ0v) is 16.1. The van der Waals surface area contributed by atoms with Crippen LogP contribution in [0.2, 0.25) is 0 Å². The first-order chi connectivity index (χ1) is 13.1. The predicted octanol–water partition coefficient (Wildman–Crippen LogP) is 4.96. The lowest BCUT2D eigenvalue weighted by Gasteiger charge is -2.09. The van der Waals surface area contributed by atoms with Gasteiger partial charge >= 0.3 is 0 Å². The van der Waals surface area contributed by atoms with Gasteiger partial charge in [-0.3, -0.25) is 9.36 Å². The van der Waals surface area contributed by atoms with Crippen LogP contribution >= 0.6 is 11.3 Å². The van der Waals surface area contributed by atoms with Crippen molar-refractivity contribution in [2.75, 3.05) is 12.4 Å². The Labute approximate surface area is 161 Å². The molecule has 4 aromatic rings. The molecule has 0 aliphatic heterocycles. The minimum absolute atomic E-state index is 0.176. The number of fused-ring (bicyclic) bond motifs is 1. The van der Waals surface area contributed by atoms with Crippen LogP contribution in [0.15, 0.2) is 54.6 Å². The van der Waals surface area contributed by atoms with Gasteiger partial charge in [-0.2, -0.15) is 0 Å². The number of carbonyl (C=O) groups is 1. The molecule has 0 radical (unpaired) electrons. The second-order valence-electron chi connectivity index (χ2n) is 6.28. The van der Waals surface area contributed by atoms with Crippen molar-refractivity contribution in [3.63, 3.8) is 0 Å². The number of nitrogens with one attached hydrogen (secondary N) is 1. The highest BCUT2D eigenvalue weighted by Crippen LogP contribution is 2.29. The molecule has 2 heterocycles. The molecule has 1 N–H and O–H groups in total. The molecular weight excluding hydrogens is 358 g/mol. The Morgan fingerprint density at radius 2 is 1.81 bits per heavy atom. The molecular formula is C21H19N3O2S. The van der Waals surface area contributed by atoms with Gasteiger partial charge in [0, 0.05) is 17.0 Å². The third-order valence-electron chi connectivity index (χ3n) is 4.46. The molecule has 136 valence electrons. The Hall–Kier alpha value is -3.12. The first-order valence-electron chi connectivity index (χ1n) is 8.57.